The van der Waals surface area contributed by atoms with Crippen LogP contribution in [0.15, 0.2) is 58.5 Å². The molecule has 0 aliphatic heterocycles. The van der Waals surface area contributed by atoms with Crippen LogP contribution in [0, 0.1) is 5.82 Å². The van der Waals surface area contributed by atoms with E-state index in [9.17, 15) is 22.4 Å². The molecule has 0 atom stereocenters. The predicted octanol–water partition coefficient (Wildman–Crippen LogP) is -10.2. The predicted molar refractivity (Wildman–Crippen MR) is 284 cm³/mol. The normalized spacial score (nSPS) is 14.0. The zero-order valence-electron chi connectivity index (χ0n) is 39.2. The minimum Gasteiger partial charge on any atom is -0.348 e. The summed E-state index contributed by atoms with van der Waals surface area (Å²) in [6.45, 7) is 4.65. The van der Waals surface area contributed by atoms with Crippen molar-refractivity contribution in [3.63, 3.8) is 0 Å². The summed E-state index contributed by atoms with van der Waals surface area (Å²) in [4.78, 5) is 38.9. The summed E-state index contributed by atoms with van der Waals surface area (Å²) in [5, 5.41) is -2.88. The van der Waals surface area contributed by atoms with Crippen molar-refractivity contribution in [2.24, 2.45) is 0 Å². The smallest absolute Gasteiger partial charge is 0.348 e. The first kappa shape index (κ1) is 49.0. The fraction of sp³-hybridized carbons (Fsp3) is 0.361. The Morgan fingerprint density at radius 1 is 0.770 bits per heavy atom. The number of carbonyl (C=O) groups is 1. The van der Waals surface area contributed by atoms with Gasteiger partial charge in [0.1, 0.15) is 116 Å². The number of benzene rings is 3. The highest BCUT2D eigenvalue weighted by atomic mass is 32.2. The molecular weight excluding hydrogens is 780 g/mol. The minimum absolute atomic E-state index is 0.141. The number of carbonyl (C=O) groups excluding carboxylic acids is 1. The molecule has 0 N–H and O–H groups in total. The molecule has 1 aliphatic carbocycles. The molecule has 1 amide bonds. The van der Waals surface area contributed by atoms with E-state index in [4.69, 9.17) is 0 Å². The van der Waals surface area contributed by atoms with Gasteiger partial charge in [0.25, 0.3) is 5.56 Å². The summed E-state index contributed by atoms with van der Waals surface area (Å²) in [6, 6.07) is 11.6. The van der Waals surface area contributed by atoms with Crippen molar-refractivity contribution in [2.45, 2.75) is 83.4 Å². The average Bonchev–Trinajstić information content (AvgIpc) is 3.62. The second kappa shape index (κ2) is 17.2. The van der Waals surface area contributed by atoms with E-state index in [0.29, 0.717) is 34.9 Å². The molecule has 0 fully saturated rings. The Morgan fingerprint density at radius 3 is 1.79 bits per heavy atom. The van der Waals surface area contributed by atoms with Crippen molar-refractivity contribution in [3.8, 4) is 11.1 Å². The Balaban J connectivity index is 1.74. The van der Waals surface area contributed by atoms with Crippen LogP contribution in [-0.2, 0) is 41.4 Å². The van der Waals surface area contributed by atoms with E-state index < -0.39 is 27.8 Å². The molecule has 0 radical (unpaired) electrons. The summed E-state index contributed by atoms with van der Waals surface area (Å²) in [5.74, 6) is -0.0514. The number of thioether (sulfide) groups is 1. The number of rotatable bonds is 13. The molecule has 1 heterocycles. The van der Waals surface area contributed by atoms with Gasteiger partial charge in [-0.1, -0.05) is 71.7 Å². The molecule has 0 unspecified atom stereocenters. The monoisotopic (exact) mass is 835 g/mol. The zero-order valence-corrected chi connectivity index (χ0v) is 40.0. The Labute approximate surface area is 376 Å². The highest BCUT2D eigenvalue weighted by Gasteiger charge is 2.54. The van der Waals surface area contributed by atoms with Gasteiger partial charge in [0.15, 0.2) is 5.16 Å². The van der Waals surface area contributed by atoms with Crippen LogP contribution in [0.2, 0.25) is 0 Å². The molecule has 61 heavy (non-hydrogen) atoms. The number of halogens is 4. The van der Waals surface area contributed by atoms with Crippen molar-refractivity contribution in [2.75, 3.05) is 0 Å². The molecule has 0 bridgehead atoms. The topological polar surface area (TPSA) is 58.4 Å². The fourth-order valence-corrected chi connectivity index (χ4v) is 11.3. The van der Waals surface area contributed by atoms with Crippen molar-refractivity contribution in [1.82, 2.24) is 19.4 Å². The van der Waals surface area contributed by atoms with Gasteiger partial charge in [0.2, 0.25) is 5.91 Å². The maximum absolute atomic E-state index is 16.2. The maximum Gasteiger partial charge on any atom is 0.416 e. The molecule has 1 aromatic heterocycles. The van der Waals surface area contributed by atoms with Gasteiger partial charge in [-0.15, -0.1) is 0 Å². The third-order valence-electron chi connectivity index (χ3n) is 13.4. The number of nitrogens with zero attached hydrogens (tertiary/aromatic N) is 4. The van der Waals surface area contributed by atoms with Crippen LogP contribution in [0.25, 0.3) is 11.1 Å². The third kappa shape index (κ3) is 9.44. The number of fused-ring (bicyclic) bond motifs is 1. The van der Waals surface area contributed by atoms with E-state index in [2.05, 4.69) is 86.5 Å². The van der Waals surface area contributed by atoms with Crippen molar-refractivity contribution in [3.05, 3.63) is 92.6 Å². The van der Waals surface area contributed by atoms with E-state index >= 15 is 4.79 Å². The first-order valence-electron chi connectivity index (χ1n) is 21.3. The van der Waals surface area contributed by atoms with Crippen molar-refractivity contribution < 1.29 is 22.4 Å². The van der Waals surface area contributed by atoms with Gasteiger partial charge in [0.05, 0.1) is 10.9 Å². The Bertz CT molecular complexity index is 2350. The van der Waals surface area contributed by atoms with Crippen LogP contribution in [0.1, 0.15) is 48.2 Å². The molecule has 0 saturated carbocycles. The van der Waals surface area contributed by atoms with E-state index in [0.717, 1.165) is 62.8 Å². The van der Waals surface area contributed by atoms with Gasteiger partial charge in [-0.3, -0.25) is 9.59 Å². The fourth-order valence-electron chi connectivity index (χ4n) is 10.2. The summed E-state index contributed by atoms with van der Waals surface area (Å²) in [5.41, 5.74) is 7.73. The molecule has 0 spiro atoms. The first-order valence-corrected chi connectivity index (χ1v) is 22.3. The molecule has 3 aromatic carbocycles. The SMILES string of the molecule is Bc1c(B)c(-c2ccc(C(F)(F)F)cc2)c(B)c(B)c1CN(C(=O)C(B)(B)n1c(SCc2ccc(F)cc2)nc(=O)c2c1CCC2)C(B)(B)C(B)(B)N(C(B)(B)C)C(B)(B)C. The van der Waals surface area contributed by atoms with Crippen LogP contribution in [-0.4, -0.2) is 156 Å². The number of amides is 1. The van der Waals surface area contributed by atoms with Gasteiger partial charge in [-0.05, 0) is 87.1 Å². The second-order valence-electron chi connectivity index (χ2n) is 20.4. The van der Waals surface area contributed by atoms with E-state index in [1.165, 1.54) is 36.0 Å². The average molecular weight is 832 g/mol. The van der Waals surface area contributed by atoms with Crippen molar-refractivity contribution in [1.29, 1.82) is 0 Å². The third-order valence-corrected chi connectivity index (χ3v) is 14.4. The summed E-state index contributed by atoms with van der Waals surface area (Å²) < 4.78 is 56.5. The van der Waals surface area contributed by atoms with Crippen LogP contribution >= 0.6 is 11.8 Å². The summed E-state index contributed by atoms with van der Waals surface area (Å²) in [6.07, 6.45) is -2.44. The molecule has 25 heteroatoms. The van der Waals surface area contributed by atoms with Gasteiger partial charge in [0, 0.05) is 23.6 Å². The Kier molecular flexibility index (Phi) is 13.8. The lowest BCUT2D eigenvalue weighted by Crippen LogP contribution is -2.82. The highest BCUT2D eigenvalue weighted by molar-refractivity contribution is 7.98. The van der Waals surface area contributed by atoms with E-state index in [-0.39, 0.29) is 34.5 Å². The van der Waals surface area contributed by atoms with E-state index in [1.54, 1.807) is 12.1 Å². The summed E-state index contributed by atoms with van der Waals surface area (Å²) >= 11 is 1.37. The Morgan fingerprint density at radius 2 is 1.30 bits per heavy atom. The number of alkyl halides is 3. The highest BCUT2D eigenvalue weighted by Crippen LogP contribution is 2.37. The Hall–Kier alpha value is -3.05. The standard InChI is InChI=1S/C36H52B14F4N4O2S/c1-31(41,42)58(32(2,43)44)36(49,50)35(47,48)56(14-21-24(37)26(39)23(27(40)25(21)38)17-8-10-18(11-9-17)34(52,53)54)29(60)33(45,46)57-22-5-3-4-20(22)28(59)55-30(57)61-15-16-6-12-19(51)13-7-16/h6-13H,3-5,14-15,37-50H2,1-2H3. The number of hydrogen-bond acceptors (Lipinski definition) is 5. The molecule has 4 aromatic rings. The maximum atomic E-state index is 16.2. The quantitative estimate of drug-likeness (QED) is 0.0581. The zero-order chi connectivity index (χ0) is 46.0. The molecule has 1 aliphatic rings. The van der Waals surface area contributed by atoms with Gasteiger partial charge >= 0.3 is 6.18 Å². The van der Waals surface area contributed by atoms with Gasteiger partial charge in [-0.2, -0.15) is 18.2 Å². The number of aromatic nitrogens is 2. The van der Waals surface area contributed by atoms with Crippen LogP contribution in [0.4, 0.5) is 17.6 Å². The first-order chi connectivity index (χ1) is 27.8. The van der Waals surface area contributed by atoms with Gasteiger partial charge in [-0.25, -0.2) is 4.39 Å². The lowest BCUT2D eigenvalue weighted by Gasteiger charge is -2.65. The van der Waals surface area contributed by atoms with Crippen molar-refractivity contribution >= 4 is 149 Å². The van der Waals surface area contributed by atoms with E-state index in [1.807, 2.05) is 56.5 Å². The second-order valence-corrected chi connectivity index (χ2v) is 21.3. The van der Waals surface area contributed by atoms with Crippen LogP contribution in [0.5, 0.6) is 0 Å². The van der Waals surface area contributed by atoms with Crippen LogP contribution in [0.3, 0.4) is 0 Å². The van der Waals surface area contributed by atoms with Crippen LogP contribution < -0.4 is 27.4 Å². The van der Waals surface area contributed by atoms with Gasteiger partial charge < -0.3 is 14.4 Å². The molecule has 6 nitrogen and oxygen atoms in total. The molecule has 0 saturated heterocycles. The minimum atomic E-state index is -4.44. The molecular formula is C36H52B14F4N4O2S. The number of hydrogen-bond donors (Lipinski definition) is 0. The lowest BCUT2D eigenvalue weighted by molar-refractivity contribution is -0.138. The largest absolute Gasteiger partial charge is 0.416 e. The lowest BCUT2D eigenvalue weighted by atomic mass is 9.33. The molecule has 5 rings (SSSR count). The molecule has 304 valence electrons. The summed E-state index contributed by atoms with van der Waals surface area (Å²) in [7, 11) is 29.4.